The van der Waals surface area contributed by atoms with E-state index in [2.05, 4.69) is 49.7 Å². The van der Waals surface area contributed by atoms with Crippen LogP contribution in [0.15, 0.2) is 41.8 Å². The zero-order valence-corrected chi connectivity index (χ0v) is 14.8. The van der Waals surface area contributed by atoms with Crippen LogP contribution < -0.4 is 5.32 Å². The fraction of sp³-hybridized carbons (Fsp3) is 0.421. The molecule has 1 aliphatic heterocycles. The molecule has 0 aliphatic carbocycles. The van der Waals surface area contributed by atoms with Crippen molar-refractivity contribution in [1.82, 2.24) is 10.2 Å². The van der Waals surface area contributed by atoms with Crippen molar-refractivity contribution in [2.75, 3.05) is 13.1 Å². The molecular formula is C19H24N2OS. The third-order valence-electron chi connectivity index (χ3n) is 4.17. The normalized spacial score (nSPS) is 17.9. The van der Waals surface area contributed by atoms with E-state index < -0.39 is 0 Å². The molecule has 23 heavy (non-hydrogen) atoms. The summed E-state index contributed by atoms with van der Waals surface area (Å²) in [6.45, 7) is 7.43. The first-order chi connectivity index (χ1) is 11.0. The van der Waals surface area contributed by atoms with Crippen molar-refractivity contribution < 1.29 is 4.79 Å². The van der Waals surface area contributed by atoms with E-state index in [0.29, 0.717) is 6.54 Å². The van der Waals surface area contributed by atoms with Gasteiger partial charge in [-0.05, 0) is 49.8 Å². The summed E-state index contributed by atoms with van der Waals surface area (Å²) in [5.41, 5.74) is 2.42. The van der Waals surface area contributed by atoms with Gasteiger partial charge < -0.3 is 10.2 Å². The number of hydrogen-bond donors (Lipinski definition) is 1. The molecule has 0 bridgehead atoms. The lowest BCUT2D eigenvalue weighted by molar-refractivity contribution is -0.132. The molecule has 0 saturated heterocycles. The van der Waals surface area contributed by atoms with Crippen LogP contribution in [0, 0.1) is 0 Å². The fourth-order valence-electron chi connectivity index (χ4n) is 3.02. The van der Waals surface area contributed by atoms with Gasteiger partial charge in [-0.3, -0.25) is 4.79 Å². The summed E-state index contributed by atoms with van der Waals surface area (Å²) in [5.74, 6) is 0.172. The third kappa shape index (κ3) is 3.65. The molecule has 122 valence electrons. The molecule has 2 heterocycles. The summed E-state index contributed by atoms with van der Waals surface area (Å²) < 4.78 is 0. The predicted molar refractivity (Wildman–Crippen MR) is 95.8 cm³/mol. The van der Waals surface area contributed by atoms with Gasteiger partial charge in [0.2, 0.25) is 5.91 Å². The maximum atomic E-state index is 12.8. The van der Waals surface area contributed by atoms with Gasteiger partial charge in [0.15, 0.2) is 0 Å². The number of rotatable bonds is 3. The number of carbonyl (C=O) groups is 1. The molecule has 1 amide bonds. The lowest BCUT2D eigenvalue weighted by atomic mass is 9.93. The quantitative estimate of drug-likeness (QED) is 0.933. The van der Waals surface area contributed by atoms with Gasteiger partial charge in [-0.2, -0.15) is 0 Å². The minimum atomic E-state index is -0.0543. The first-order valence-electron chi connectivity index (χ1n) is 8.11. The van der Waals surface area contributed by atoms with Crippen LogP contribution in [0.25, 0.3) is 0 Å². The fourth-order valence-corrected chi connectivity index (χ4v) is 3.93. The lowest BCUT2D eigenvalue weighted by Crippen LogP contribution is -2.48. The number of nitrogens with zero attached hydrogens (tertiary/aromatic N) is 1. The second-order valence-corrected chi connectivity index (χ2v) is 8.05. The standard InChI is InChI=1S/C19H24N2OS/c1-19(2,3)20-13-17(22)21-11-9-16-15(10-12-23-16)18(21)14-7-5-4-6-8-14/h4-8,10,12,18,20H,9,11,13H2,1-3H3/t18-/m1/s1. The Kier molecular flexibility index (Phi) is 4.55. The van der Waals surface area contributed by atoms with Crippen molar-refractivity contribution in [2.24, 2.45) is 0 Å². The molecule has 1 aliphatic rings. The van der Waals surface area contributed by atoms with Gasteiger partial charge in [0.25, 0.3) is 0 Å². The summed E-state index contributed by atoms with van der Waals surface area (Å²) in [6.07, 6.45) is 0.956. The van der Waals surface area contributed by atoms with E-state index in [4.69, 9.17) is 0 Å². The van der Waals surface area contributed by atoms with Gasteiger partial charge >= 0.3 is 0 Å². The SMILES string of the molecule is CC(C)(C)NCC(=O)N1CCc2sccc2[C@H]1c1ccccc1. The average Bonchev–Trinajstić information content (AvgIpc) is 3.00. The highest BCUT2D eigenvalue weighted by molar-refractivity contribution is 7.10. The van der Waals surface area contributed by atoms with Crippen LogP contribution in [-0.2, 0) is 11.2 Å². The molecular weight excluding hydrogens is 304 g/mol. The first-order valence-corrected chi connectivity index (χ1v) is 8.99. The number of amides is 1. The van der Waals surface area contributed by atoms with E-state index in [-0.39, 0.29) is 17.5 Å². The van der Waals surface area contributed by atoms with Crippen LogP contribution in [-0.4, -0.2) is 29.4 Å². The predicted octanol–water partition coefficient (Wildman–Crippen LogP) is 3.61. The van der Waals surface area contributed by atoms with E-state index in [1.165, 1.54) is 16.0 Å². The Morgan fingerprint density at radius 2 is 2.00 bits per heavy atom. The zero-order valence-electron chi connectivity index (χ0n) is 14.0. The van der Waals surface area contributed by atoms with E-state index in [1.807, 2.05) is 23.1 Å². The largest absolute Gasteiger partial charge is 0.330 e. The second kappa shape index (κ2) is 6.46. The topological polar surface area (TPSA) is 32.3 Å². The minimum Gasteiger partial charge on any atom is -0.330 e. The molecule has 1 atom stereocenters. The van der Waals surface area contributed by atoms with Crippen molar-refractivity contribution >= 4 is 17.2 Å². The molecule has 3 nitrogen and oxygen atoms in total. The average molecular weight is 328 g/mol. The zero-order chi connectivity index (χ0) is 16.4. The van der Waals surface area contributed by atoms with Crippen LogP contribution in [0.4, 0.5) is 0 Å². The van der Waals surface area contributed by atoms with Crippen LogP contribution >= 0.6 is 11.3 Å². The highest BCUT2D eigenvalue weighted by atomic mass is 32.1. The van der Waals surface area contributed by atoms with Crippen molar-refractivity contribution in [1.29, 1.82) is 0 Å². The van der Waals surface area contributed by atoms with Gasteiger partial charge in [-0.15, -0.1) is 11.3 Å². The Hall–Kier alpha value is -1.65. The first kappa shape index (κ1) is 16.2. The van der Waals surface area contributed by atoms with Gasteiger partial charge in [0.05, 0.1) is 12.6 Å². The summed E-state index contributed by atoms with van der Waals surface area (Å²) in [7, 11) is 0. The molecule has 2 aromatic rings. The van der Waals surface area contributed by atoms with Crippen molar-refractivity contribution in [3.63, 3.8) is 0 Å². The number of nitrogens with one attached hydrogen (secondary N) is 1. The van der Waals surface area contributed by atoms with E-state index >= 15 is 0 Å². The van der Waals surface area contributed by atoms with Gasteiger partial charge in [-0.1, -0.05) is 30.3 Å². The highest BCUT2D eigenvalue weighted by Gasteiger charge is 2.32. The Balaban J connectivity index is 1.88. The summed E-state index contributed by atoms with van der Waals surface area (Å²) >= 11 is 1.80. The Bertz CT molecular complexity index is 672. The molecule has 1 N–H and O–H groups in total. The molecule has 3 rings (SSSR count). The second-order valence-electron chi connectivity index (χ2n) is 7.05. The van der Waals surface area contributed by atoms with Crippen molar-refractivity contribution in [3.8, 4) is 0 Å². The van der Waals surface area contributed by atoms with E-state index in [9.17, 15) is 4.79 Å². The van der Waals surface area contributed by atoms with E-state index in [0.717, 1.165) is 13.0 Å². The van der Waals surface area contributed by atoms with E-state index in [1.54, 1.807) is 11.3 Å². The lowest BCUT2D eigenvalue weighted by Gasteiger charge is -2.37. The van der Waals surface area contributed by atoms with Gasteiger partial charge in [0.1, 0.15) is 0 Å². The van der Waals surface area contributed by atoms with Crippen molar-refractivity contribution in [2.45, 2.75) is 38.8 Å². The number of thiophene rings is 1. The molecule has 0 radical (unpaired) electrons. The molecule has 0 saturated carbocycles. The molecule has 1 aromatic carbocycles. The molecule has 4 heteroatoms. The molecule has 0 fully saturated rings. The molecule has 0 unspecified atom stereocenters. The Labute approximate surface area is 142 Å². The van der Waals surface area contributed by atoms with Crippen LogP contribution in [0.5, 0.6) is 0 Å². The van der Waals surface area contributed by atoms with Crippen LogP contribution in [0.2, 0.25) is 0 Å². The van der Waals surface area contributed by atoms with Crippen LogP contribution in [0.1, 0.15) is 42.8 Å². The van der Waals surface area contributed by atoms with Crippen molar-refractivity contribution in [3.05, 3.63) is 57.8 Å². The number of hydrogen-bond acceptors (Lipinski definition) is 3. The molecule has 1 aromatic heterocycles. The summed E-state index contributed by atoms with van der Waals surface area (Å²) in [4.78, 5) is 16.3. The minimum absolute atomic E-state index is 0.0421. The monoisotopic (exact) mass is 328 g/mol. The summed E-state index contributed by atoms with van der Waals surface area (Å²) in [5, 5.41) is 5.46. The molecule has 0 spiro atoms. The number of benzene rings is 1. The Morgan fingerprint density at radius 1 is 1.26 bits per heavy atom. The Morgan fingerprint density at radius 3 is 2.70 bits per heavy atom. The number of fused-ring (bicyclic) bond motifs is 1. The maximum absolute atomic E-state index is 12.8. The van der Waals surface area contributed by atoms with Gasteiger partial charge in [0, 0.05) is 17.0 Å². The third-order valence-corrected chi connectivity index (χ3v) is 5.17. The number of carbonyl (C=O) groups excluding carboxylic acids is 1. The summed E-state index contributed by atoms with van der Waals surface area (Å²) in [6, 6.07) is 12.6. The van der Waals surface area contributed by atoms with Gasteiger partial charge in [-0.25, -0.2) is 0 Å². The maximum Gasteiger partial charge on any atom is 0.237 e. The highest BCUT2D eigenvalue weighted by Crippen LogP contribution is 2.37. The smallest absolute Gasteiger partial charge is 0.237 e. The van der Waals surface area contributed by atoms with Crippen LogP contribution in [0.3, 0.4) is 0 Å².